The molecule has 9 heteroatoms. The molecule has 164 valence electrons. The number of anilines is 1. The van der Waals surface area contributed by atoms with Gasteiger partial charge >= 0.3 is 6.18 Å². The van der Waals surface area contributed by atoms with E-state index < -0.39 is 11.7 Å². The molecule has 0 bridgehead atoms. The number of nitrogens with zero attached hydrogens (tertiary/aromatic N) is 4. The van der Waals surface area contributed by atoms with Gasteiger partial charge in [-0.25, -0.2) is 4.98 Å². The lowest BCUT2D eigenvalue weighted by molar-refractivity contribution is -0.137. The molecule has 0 saturated carbocycles. The summed E-state index contributed by atoms with van der Waals surface area (Å²) in [6.07, 6.45) is -0.599. The average molecular weight is 439 g/mol. The number of piperazine rings is 1. The number of aromatic nitrogens is 2. The zero-order valence-corrected chi connectivity index (χ0v) is 17.0. The lowest BCUT2D eigenvalue weighted by Gasteiger charge is -2.38. The predicted octanol–water partition coefficient (Wildman–Crippen LogP) is 3.93. The molecule has 1 aromatic heterocycles. The minimum atomic E-state index is -4.46. The van der Waals surface area contributed by atoms with Crippen LogP contribution in [-0.4, -0.2) is 40.4 Å². The molecule has 1 unspecified atom stereocenters. The topological polar surface area (TPSA) is 76.0 Å². The van der Waals surface area contributed by atoms with Gasteiger partial charge in [0.15, 0.2) is 0 Å². The largest absolute Gasteiger partial charge is 0.416 e. The number of nitrogens with one attached hydrogen (secondary N) is 1. The third-order valence-electron chi connectivity index (χ3n) is 5.57. The molecule has 1 N–H and O–H groups in total. The van der Waals surface area contributed by atoms with Crippen LogP contribution >= 0.6 is 0 Å². The van der Waals surface area contributed by atoms with Crippen molar-refractivity contribution in [3.05, 3.63) is 83.4 Å². The van der Waals surface area contributed by atoms with Crippen LogP contribution in [0.3, 0.4) is 0 Å². The molecule has 0 spiro atoms. The number of carbonyl (C=O) groups excluding carboxylic acids is 1. The van der Waals surface area contributed by atoms with Crippen LogP contribution in [0.1, 0.15) is 28.4 Å². The lowest BCUT2D eigenvalue weighted by atomic mass is 10.00. The van der Waals surface area contributed by atoms with Crippen molar-refractivity contribution in [2.75, 3.05) is 24.5 Å². The standard InChI is InChI=1S/C23H20F3N5O/c24-23(25,26)18-2-1-3-19(11-18)31-9-8-30(14-22(31)32)21(20-13-28-15-29-20)10-16-4-6-17(12-27)7-5-16/h1-7,11,13,15,21H,8-10,14H2,(H,28,29). The number of imidazole rings is 1. The third-order valence-corrected chi connectivity index (χ3v) is 5.57. The van der Waals surface area contributed by atoms with Crippen LogP contribution in [-0.2, 0) is 17.4 Å². The number of amides is 1. The molecule has 6 nitrogen and oxygen atoms in total. The number of nitriles is 1. The van der Waals surface area contributed by atoms with Gasteiger partial charge in [0.25, 0.3) is 0 Å². The monoisotopic (exact) mass is 439 g/mol. The van der Waals surface area contributed by atoms with Gasteiger partial charge in [-0.15, -0.1) is 0 Å². The van der Waals surface area contributed by atoms with E-state index in [1.54, 1.807) is 24.7 Å². The predicted molar refractivity (Wildman–Crippen MR) is 112 cm³/mol. The first-order valence-electron chi connectivity index (χ1n) is 10.0. The Balaban J connectivity index is 1.53. The zero-order chi connectivity index (χ0) is 22.7. The zero-order valence-electron chi connectivity index (χ0n) is 17.0. The van der Waals surface area contributed by atoms with Crippen LogP contribution in [0.25, 0.3) is 0 Å². The molecular weight excluding hydrogens is 419 g/mol. The van der Waals surface area contributed by atoms with E-state index in [-0.39, 0.29) is 30.7 Å². The van der Waals surface area contributed by atoms with Gasteiger partial charge in [-0.3, -0.25) is 9.69 Å². The van der Waals surface area contributed by atoms with Crippen LogP contribution in [0.5, 0.6) is 0 Å². The van der Waals surface area contributed by atoms with E-state index in [1.807, 2.05) is 17.0 Å². The molecule has 2 aromatic carbocycles. The van der Waals surface area contributed by atoms with E-state index in [0.717, 1.165) is 23.4 Å². The van der Waals surface area contributed by atoms with Gasteiger partial charge in [0.1, 0.15) is 0 Å². The number of hydrogen-bond donors (Lipinski definition) is 1. The fourth-order valence-corrected chi connectivity index (χ4v) is 3.90. The van der Waals surface area contributed by atoms with Gasteiger partial charge in [-0.1, -0.05) is 18.2 Å². The second-order valence-electron chi connectivity index (χ2n) is 7.60. The fraction of sp³-hybridized carbons (Fsp3) is 0.261. The Labute approximate surface area is 182 Å². The number of halogens is 3. The van der Waals surface area contributed by atoms with E-state index in [0.29, 0.717) is 18.5 Å². The second kappa shape index (κ2) is 8.85. The van der Waals surface area contributed by atoms with E-state index in [1.165, 1.54) is 17.0 Å². The smallest absolute Gasteiger partial charge is 0.347 e. The van der Waals surface area contributed by atoms with Crippen LogP contribution < -0.4 is 4.90 Å². The van der Waals surface area contributed by atoms with E-state index >= 15 is 0 Å². The Morgan fingerprint density at radius 3 is 2.56 bits per heavy atom. The first-order valence-corrected chi connectivity index (χ1v) is 10.0. The fourth-order valence-electron chi connectivity index (χ4n) is 3.90. The number of rotatable bonds is 5. The minimum absolute atomic E-state index is 0.0657. The van der Waals surface area contributed by atoms with Crippen LogP contribution in [0.4, 0.5) is 18.9 Å². The molecular formula is C23H20F3N5O. The molecule has 1 atom stereocenters. The highest BCUT2D eigenvalue weighted by atomic mass is 19.4. The molecule has 0 aliphatic carbocycles. The summed E-state index contributed by atoms with van der Waals surface area (Å²) >= 11 is 0. The van der Waals surface area contributed by atoms with Crippen molar-refractivity contribution in [1.82, 2.24) is 14.9 Å². The maximum Gasteiger partial charge on any atom is 0.416 e. The Morgan fingerprint density at radius 2 is 1.94 bits per heavy atom. The molecule has 1 aliphatic rings. The summed E-state index contributed by atoms with van der Waals surface area (Å²) in [7, 11) is 0. The van der Waals surface area contributed by atoms with E-state index in [2.05, 4.69) is 16.0 Å². The number of H-pyrrole nitrogens is 1. The van der Waals surface area contributed by atoms with Crippen LogP contribution in [0.15, 0.2) is 61.1 Å². The average Bonchev–Trinajstić information content (AvgIpc) is 3.32. The van der Waals surface area contributed by atoms with Crippen molar-refractivity contribution >= 4 is 11.6 Å². The van der Waals surface area contributed by atoms with Gasteiger partial charge < -0.3 is 9.88 Å². The van der Waals surface area contributed by atoms with Crippen molar-refractivity contribution in [3.63, 3.8) is 0 Å². The molecule has 4 rings (SSSR count). The Morgan fingerprint density at radius 1 is 1.16 bits per heavy atom. The van der Waals surface area contributed by atoms with E-state index in [4.69, 9.17) is 5.26 Å². The summed E-state index contributed by atoms with van der Waals surface area (Å²) in [6.45, 7) is 0.830. The Hall–Kier alpha value is -3.64. The summed E-state index contributed by atoms with van der Waals surface area (Å²) in [5.74, 6) is -0.264. The van der Waals surface area contributed by atoms with E-state index in [9.17, 15) is 18.0 Å². The van der Waals surface area contributed by atoms with Crippen molar-refractivity contribution < 1.29 is 18.0 Å². The Kier molecular flexibility index (Phi) is 5.97. The van der Waals surface area contributed by atoms with Crippen molar-refractivity contribution in [3.8, 4) is 6.07 Å². The molecule has 0 radical (unpaired) electrons. The number of hydrogen-bond acceptors (Lipinski definition) is 4. The highest BCUT2D eigenvalue weighted by Crippen LogP contribution is 2.33. The number of aromatic amines is 1. The highest BCUT2D eigenvalue weighted by Gasteiger charge is 2.34. The first-order chi connectivity index (χ1) is 15.3. The van der Waals surface area contributed by atoms with Crippen LogP contribution in [0, 0.1) is 11.3 Å². The number of carbonyl (C=O) groups is 1. The molecule has 32 heavy (non-hydrogen) atoms. The number of benzene rings is 2. The van der Waals surface area contributed by atoms with Gasteiger partial charge in [0.2, 0.25) is 5.91 Å². The first kappa shape index (κ1) is 21.6. The Bertz CT molecular complexity index is 1120. The third kappa shape index (κ3) is 4.65. The van der Waals surface area contributed by atoms with Gasteiger partial charge in [0, 0.05) is 25.0 Å². The summed E-state index contributed by atoms with van der Waals surface area (Å²) in [5, 5.41) is 9.00. The molecule has 3 aromatic rings. The minimum Gasteiger partial charge on any atom is -0.347 e. The maximum atomic E-state index is 13.1. The molecule has 1 amide bonds. The summed E-state index contributed by atoms with van der Waals surface area (Å²) in [6, 6.07) is 14.0. The number of alkyl halides is 3. The van der Waals surface area contributed by atoms with Crippen LogP contribution in [0.2, 0.25) is 0 Å². The highest BCUT2D eigenvalue weighted by molar-refractivity contribution is 5.95. The van der Waals surface area contributed by atoms with Crippen molar-refractivity contribution in [2.24, 2.45) is 0 Å². The quantitative estimate of drug-likeness (QED) is 0.654. The van der Waals surface area contributed by atoms with Gasteiger partial charge in [0.05, 0.1) is 41.8 Å². The van der Waals surface area contributed by atoms with Crippen molar-refractivity contribution in [2.45, 2.75) is 18.6 Å². The van der Waals surface area contributed by atoms with Crippen molar-refractivity contribution in [1.29, 1.82) is 5.26 Å². The SMILES string of the molecule is N#Cc1ccc(CC(c2cnc[nH]2)N2CCN(c3cccc(C(F)(F)F)c3)C(=O)C2)cc1. The molecule has 1 aliphatic heterocycles. The molecule has 2 heterocycles. The summed E-state index contributed by atoms with van der Waals surface area (Å²) in [5.41, 5.74) is 1.87. The summed E-state index contributed by atoms with van der Waals surface area (Å²) < 4.78 is 39.2. The second-order valence-corrected chi connectivity index (χ2v) is 7.60. The summed E-state index contributed by atoms with van der Waals surface area (Å²) in [4.78, 5) is 23.5. The molecule has 1 fully saturated rings. The molecule has 1 saturated heterocycles. The normalized spacial score (nSPS) is 16.1. The lowest BCUT2D eigenvalue weighted by Crippen LogP contribution is -2.52. The maximum absolute atomic E-state index is 13.1. The van der Waals surface area contributed by atoms with Gasteiger partial charge in [-0.2, -0.15) is 18.4 Å². The van der Waals surface area contributed by atoms with Gasteiger partial charge in [-0.05, 0) is 42.3 Å².